The first-order valence-corrected chi connectivity index (χ1v) is 6.21. The molecule has 0 atom stereocenters. The quantitative estimate of drug-likeness (QED) is 0.647. The highest BCUT2D eigenvalue weighted by Crippen LogP contribution is 2.29. The number of nitrogens with zero attached hydrogens (tertiary/aromatic N) is 3. The molecule has 0 unspecified atom stereocenters. The number of aromatic amines is 1. The van der Waals surface area contributed by atoms with Crippen LogP contribution in [-0.4, -0.2) is 19.6 Å². The maximum absolute atomic E-state index is 11.8. The van der Waals surface area contributed by atoms with Gasteiger partial charge in [0.15, 0.2) is 0 Å². The molecule has 5 nitrogen and oxygen atoms in total. The van der Waals surface area contributed by atoms with Crippen molar-refractivity contribution in [2.24, 2.45) is 0 Å². The summed E-state index contributed by atoms with van der Waals surface area (Å²) in [5.41, 5.74) is 3.92. The lowest BCUT2D eigenvalue weighted by atomic mass is 9.89. The number of nitrogens with one attached hydrogen (secondary N) is 1. The minimum absolute atomic E-state index is 0.325. The Morgan fingerprint density at radius 3 is 3.06 bits per heavy atom. The zero-order valence-corrected chi connectivity index (χ0v) is 9.81. The van der Waals surface area contributed by atoms with E-state index in [2.05, 4.69) is 21.1 Å². The average Bonchev–Trinajstić information content (AvgIpc) is 2.88. The van der Waals surface area contributed by atoms with E-state index in [1.165, 1.54) is 28.5 Å². The summed E-state index contributed by atoms with van der Waals surface area (Å²) in [5.74, 6) is 0. The second kappa shape index (κ2) is 3.41. The van der Waals surface area contributed by atoms with Gasteiger partial charge >= 0.3 is 5.69 Å². The number of H-pyrrole nitrogens is 1. The smallest absolute Gasteiger partial charge is 0.329 e. The first-order chi connectivity index (χ1) is 8.84. The topological polar surface area (TPSA) is 63.0 Å². The molecule has 4 rings (SSSR count). The van der Waals surface area contributed by atoms with Gasteiger partial charge < -0.3 is 4.98 Å². The fraction of sp³-hybridized carbons (Fsp3) is 0.308. The molecule has 1 N–H and O–H groups in total. The third kappa shape index (κ3) is 1.19. The van der Waals surface area contributed by atoms with Crippen molar-refractivity contribution in [2.75, 3.05) is 0 Å². The van der Waals surface area contributed by atoms with Crippen LogP contribution in [-0.2, 0) is 12.8 Å². The van der Waals surface area contributed by atoms with E-state index in [0.717, 1.165) is 29.4 Å². The number of benzene rings is 1. The predicted molar refractivity (Wildman–Crippen MR) is 67.8 cm³/mol. The molecule has 0 radical (unpaired) electrons. The van der Waals surface area contributed by atoms with Crippen LogP contribution < -0.4 is 5.69 Å². The highest BCUT2D eigenvalue weighted by atomic mass is 16.1. The van der Waals surface area contributed by atoms with Crippen LogP contribution in [0.5, 0.6) is 0 Å². The molecule has 2 heterocycles. The lowest BCUT2D eigenvalue weighted by Gasteiger charge is -2.17. The van der Waals surface area contributed by atoms with Crippen molar-refractivity contribution in [3.8, 4) is 0 Å². The fourth-order valence-corrected chi connectivity index (χ4v) is 2.91. The van der Waals surface area contributed by atoms with Crippen LogP contribution in [0.1, 0.15) is 24.0 Å². The summed E-state index contributed by atoms with van der Waals surface area (Å²) in [7, 11) is 0. The van der Waals surface area contributed by atoms with Gasteiger partial charge in [0.2, 0.25) is 0 Å². The molecule has 90 valence electrons. The number of aryl methyl sites for hydroxylation is 2. The number of rotatable bonds is 0. The Balaban J connectivity index is 2.26. The van der Waals surface area contributed by atoms with Crippen LogP contribution in [0.25, 0.3) is 16.6 Å². The Labute approximate surface area is 102 Å². The SMILES string of the molecule is O=c1nc2ccc3c(c2c2[nH]cnn12)CCCC3. The second-order valence-corrected chi connectivity index (χ2v) is 4.75. The van der Waals surface area contributed by atoms with Gasteiger partial charge in [-0.2, -0.15) is 14.6 Å². The predicted octanol–water partition coefficient (Wildman–Crippen LogP) is 1.45. The maximum Gasteiger partial charge on any atom is 0.370 e. The normalized spacial score (nSPS) is 15.1. The zero-order valence-electron chi connectivity index (χ0n) is 9.81. The molecule has 0 spiro atoms. The van der Waals surface area contributed by atoms with Crippen LogP contribution in [0.15, 0.2) is 23.3 Å². The molecule has 0 saturated carbocycles. The van der Waals surface area contributed by atoms with Gasteiger partial charge in [-0.05, 0) is 42.9 Å². The van der Waals surface area contributed by atoms with E-state index in [-0.39, 0.29) is 5.69 Å². The van der Waals surface area contributed by atoms with Crippen molar-refractivity contribution in [1.82, 2.24) is 19.6 Å². The zero-order chi connectivity index (χ0) is 12.1. The molecule has 0 bridgehead atoms. The highest BCUT2D eigenvalue weighted by molar-refractivity contribution is 5.94. The number of hydrogen-bond acceptors (Lipinski definition) is 3. The molecule has 18 heavy (non-hydrogen) atoms. The second-order valence-electron chi connectivity index (χ2n) is 4.75. The lowest BCUT2D eigenvalue weighted by Crippen LogP contribution is -2.18. The summed E-state index contributed by atoms with van der Waals surface area (Å²) >= 11 is 0. The third-order valence-corrected chi connectivity index (χ3v) is 3.73. The Morgan fingerprint density at radius 1 is 1.22 bits per heavy atom. The van der Waals surface area contributed by atoms with Crippen molar-refractivity contribution >= 4 is 16.6 Å². The Bertz CT molecular complexity index is 815. The van der Waals surface area contributed by atoms with E-state index < -0.39 is 0 Å². The molecule has 3 aromatic rings. The van der Waals surface area contributed by atoms with Crippen molar-refractivity contribution in [3.63, 3.8) is 0 Å². The molecule has 0 amide bonds. The molecule has 0 aliphatic heterocycles. The summed E-state index contributed by atoms with van der Waals surface area (Å²) in [6.45, 7) is 0. The van der Waals surface area contributed by atoms with E-state index >= 15 is 0 Å². The number of hydrogen-bond donors (Lipinski definition) is 1. The van der Waals surface area contributed by atoms with E-state index in [4.69, 9.17) is 0 Å². The first-order valence-electron chi connectivity index (χ1n) is 6.21. The molecule has 2 aromatic heterocycles. The van der Waals surface area contributed by atoms with Crippen LogP contribution in [0, 0.1) is 0 Å². The van der Waals surface area contributed by atoms with Crippen molar-refractivity contribution in [1.29, 1.82) is 0 Å². The van der Waals surface area contributed by atoms with Crippen LogP contribution >= 0.6 is 0 Å². The van der Waals surface area contributed by atoms with E-state index in [1.54, 1.807) is 6.33 Å². The summed E-state index contributed by atoms with van der Waals surface area (Å²) in [6, 6.07) is 4.05. The average molecular weight is 240 g/mol. The van der Waals surface area contributed by atoms with Crippen LogP contribution in [0.4, 0.5) is 0 Å². The molecule has 1 aliphatic carbocycles. The molecule has 1 aliphatic rings. The standard InChI is InChI=1S/C13H12N4O/c18-13-16-10-6-5-8-3-1-2-4-9(8)11(10)12-14-7-15-17(12)13/h5-7H,1-4H2,(H,14,15). The van der Waals surface area contributed by atoms with E-state index in [9.17, 15) is 4.79 Å². The molecular weight excluding hydrogens is 228 g/mol. The van der Waals surface area contributed by atoms with Gasteiger partial charge in [-0.15, -0.1) is 0 Å². The van der Waals surface area contributed by atoms with Crippen molar-refractivity contribution in [2.45, 2.75) is 25.7 Å². The van der Waals surface area contributed by atoms with Crippen LogP contribution in [0.3, 0.4) is 0 Å². The van der Waals surface area contributed by atoms with Gasteiger partial charge in [0.25, 0.3) is 0 Å². The van der Waals surface area contributed by atoms with Gasteiger partial charge in [-0.25, -0.2) is 4.79 Å². The Kier molecular flexibility index (Phi) is 1.86. The largest absolute Gasteiger partial charge is 0.370 e. The van der Waals surface area contributed by atoms with Crippen molar-refractivity contribution < 1.29 is 0 Å². The molecule has 0 fully saturated rings. The molecular formula is C13H12N4O. The lowest BCUT2D eigenvalue weighted by molar-refractivity contribution is 0.689. The summed E-state index contributed by atoms with van der Waals surface area (Å²) in [4.78, 5) is 19.0. The number of aromatic nitrogens is 4. The van der Waals surface area contributed by atoms with Gasteiger partial charge in [-0.1, -0.05) is 6.07 Å². The molecule has 0 saturated heterocycles. The Hall–Kier alpha value is -2.17. The van der Waals surface area contributed by atoms with Gasteiger partial charge in [-0.3, -0.25) is 0 Å². The van der Waals surface area contributed by atoms with Gasteiger partial charge in [0.05, 0.1) is 5.52 Å². The van der Waals surface area contributed by atoms with Gasteiger partial charge in [0, 0.05) is 5.39 Å². The number of fused-ring (bicyclic) bond motifs is 5. The minimum atomic E-state index is -0.325. The summed E-state index contributed by atoms with van der Waals surface area (Å²) in [6.07, 6.45) is 6.16. The Morgan fingerprint density at radius 2 is 2.11 bits per heavy atom. The summed E-state index contributed by atoms with van der Waals surface area (Å²) < 4.78 is 1.34. The van der Waals surface area contributed by atoms with Crippen LogP contribution in [0.2, 0.25) is 0 Å². The molecule has 1 aromatic carbocycles. The van der Waals surface area contributed by atoms with E-state index in [1.807, 2.05) is 6.07 Å². The van der Waals surface area contributed by atoms with Gasteiger partial charge in [0.1, 0.15) is 12.0 Å². The van der Waals surface area contributed by atoms with Crippen molar-refractivity contribution in [3.05, 3.63) is 40.1 Å². The maximum atomic E-state index is 11.8. The minimum Gasteiger partial charge on any atom is -0.329 e. The molecule has 5 heteroatoms. The third-order valence-electron chi connectivity index (χ3n) is 3.73. The first kappa shape index (κ1) is 9.82. The highest BCUT2D eigenvalue weighted by Gasteiger charge is 2.16. The van der Waals surface area contributed by atoms with E-state index in [0.29, 0.717) is 0 Å². The summed E-state index contributed by atoms with van der Waals surface area (Å²) in [5, 5.41) is 5.06. The fourth-order valence-electron chi connectivity index (χ4n) is 2.91. The monoisotopic (exact) mass is 240 g/mol.